The van der Waals surface area contributed by atoms with E-state index in [0.717, 1.165) is 5.82 Å². The number of pyridine rings is 1. The number of rotatable bonds is 8. The van der Waals surface area contributed by atoms with Gasteiger partial charge in [0.15, 0.2) is 0 Å². The summed E-state index contributed by atoms with van der Waals surface area (Å²) in [5, 5.41) is 5.19. The molecule has 0 saturated carbocycles. The van der Waals surface area contributed by atoms with E-state index in [0.29, 0.717) is 31.7 Å². The Balaban J connectivity index is 1.42. The van der Waals surface area contributed by atoms with Crippen molar-refractivity contribution >= 4 is 27.7 Å². The number of nitrogens with zero attached hydrogens (tertiary/aromatic N) is 3. The molecule has 0 bridgehead atoms. The lowest BCUT2D eigenvalue weighted by molar-refractivity contribution is -0.122. The SMILES string of the molecule is CC(NC(=O)c1ccccc1)C(=O)NCCS(=O)(=O)N1CCN(c2ccccn2)CC1. The lowest BCUT2D eigenvalue weighted by Crippen LogP contribution is -2.51. The molecule has 2 aromatic rings. The van der Waals surface area contributed by atoms with E-state index in [9.17, 15) is 18.0 Å². The van der Waals surface area contributed by atoms with Gasteiger partial charge in [0.05, 0.1) is 5.75 Å². The zero-order valence-corrected chi connectivity index (χ0v) is 18.2. The van der Waals surface area contributed by atoms with Crippen LogP contribution in [0.5, 0.6) is 0 Å². The molecule has 0 spiro atoms. The van der Waals surface area contributed by atoms with E-state index >= 15 is 0 Å². The third kappa shape index (κ3) is 6.25. The second-order valence-corrected chi connectivity index (χ2v) is 9.33. The highest BCUT2D eigenvalue weighted by molar-refractivity contribution is 7.89. The van der Waals surface area contributed by atoms with Crippen LogP contribution in [-0.2, 0) is 14.8 Å². The highest BCUT2D eigenvalue weighted by Crippen LogP contribution is 2.14. The highest BCUT2D eigenvalue weighted by atomic mass is 32.2. The molecule has 166 valence electrons. The predicted octanol–water partition coefficient (Wildman–Crippen LogP) is 0.468. The molecule has 1 saturated heterocycles. The summed E-state index contributed by atoms with van der Waals surface area (Å²) in [6, 6.07) is 13.4. The molecule has 2 N–H and O–H groups in total. The van der Waals surface area contributed by atoms with Gasteiger partial charge >= 0.3 is 0 Å². The second-order valence-electron chi connectivity index (χ2n) is 7.24. The highest BCUT2D eigenvalue weighted by Gasteiger charge is 2.27. The smallest absolute Gasteiger partial charge is 0.251 e. The molecule has 31 heavy (non-hydrogen) atoms. The number of aromatic nitrogens is 1. The number of carbonyl (C=O) groups is 2. The first-order valence-electron chi connectivity index (χ1n) is 10.1. The molecule has 1 atom stereocenters. The van der Waals surface area contributed by atoms with Crippen molar-refractivity contribution in [2.45, 2.75) is 13.0 Å². The van der Waals surface area contributed by atoms with Gasteiger partial charge in [0.1, 0.15) is 11.9 Å². The van der Waals surface area contributed by atoms with Crippen LogP contribution in [0.2, 0.25) is 0 Å². The largest absolute Gasteiger partial charge is 0.354 e. The fourth-order valence-corrected chi connectivity index (χ4v) is 4.59. The van der Waals surface area contributed by atoms with Crippen LogP contribution in [0.25, 0.3) is 0 Å². The number of hydrogen-bond acceptors (Lipinski definition) is 6. The van der Waals surface area contributed by atoms with E-state index in [1.807, 2.05) is 23.1 Å². The van der Waals surface area contributed by atoms with E-state index in [4.69, 9.17) is 0 Å². The van der Waals surface area contributed by atoms with E-state index in [-0.39, 0.29) is 18.2 Å². The zero-order valence-electron chi connectivity index (χ0n) is 17.4. The Bertz CT molecular complexity index is 977. The molecule has 1 unspecified atom stereocenters. The van der Waals surface area contributed by atoms with E-state index < -0.39 is 22.0 Å². The quantitative estimate of drug-likeness (QED) is 0.611. The van der Waals surface area contributed by atoms with Crippen LogP contribution in [0.4, 0.5) is 5.82 Å². The summed E-state index contributed by atoms with van der Waals surface area (Å²) < 4.78 is 26.7. The van der Waals surface area contributed by atoms with Crippen LogP contribution < -0.4 is 15.5 Å². The first-order valence-corrected chi connectivity index (χ1v) is 11.7. The molecule has 9 nitrogen and oxygen atoms in total. The monoisotopic (exact) mass is 445 g/mol. The average Bonchev–Trinajstić information content (AvgIpc) is 2.80. The predicted molar refractivity (Wildman–Crippen MR) is 118 cm³/mol. The minimum Gasteiger partial charge on any atom is -0.354 e. The Morgan fingerprint density at radius 3 is 2.35 bits per heavy atom. The molecule has 2 heterocycles. The number of anilines is 1. The summed E-state index contributed by atoms with van der Waals surface area (Å²) in [5.74, 6) is -0.152. The third-order valence-electron chi connectivity index (χ3n) is 5.04. The lowest BCUT2D eigenvalue weighted by atomic mass is 10.2. The maximum atomic E-state index is 12.6. The zero-order chi connectivity index (χ0) is 22.3. The van der Waals surface area contributed by atoms with Gasteiger partial charge in [0.2, 0.25) is 15.9 Å². The number of hydrogen-bond donors (Lipinski definition) is 2. The lowest BCUT2D eigenvalue weighted by Gasteiger charge is -2.34. The summed E-state index contributed by atoms with van der Waals surface area (Å²) in [6.45, 7) is 3.40. The molecule has 2 amide bonds. The van der Waals surface area contributed by atoms with Gasteiger partial charge < -0.3 is 15.5 Å². The molecular formula is C21H27N5O4S. The van der Waals surface area contributed by atoms with Crippen molar-refractivity contribution in [3.05, 3.63) is 60.3 Å². The summed E-state index contributed by atoms with van der Waals surface area (Å²) in [6.07, 6.45) is 1.71. The molecule has 0 radical (unpaired) electrons. The molecule has 1 aromatic carbocycles. The number of sulfonamides is 1. The van der Waals surface area contributed by atoms with Crippen molar-refractivity contribution in [3.63, 3.8) is 0 Å². The van der Waals surface area contributed by atoms with Crippen LogP contribution in [0, 0.1) is 0 Å². The van der Waals surface area contributed by atoms with Gasteiger partial charge in [-0.1, -0.05) is 24.3 Å². The van der Waals surface area contributed by atoms with Crippen LogP contribution in [0.15, 0.2) is 54.7 Å². The van der Waals surface area contributed by atoms with Crippen LogP contribution in [-0.4, -0.2) is 74.0 Å². The topological polar surface area (TPSA) is 112 Å². The second kappa shape index (κ2) is 10.4. The normalized spacial score (nSPS) is 15.8. The summed E-state index contributed by atoms with van der Waals surface area (Å²) in [4.78, 5) is 30.7. The Kier molecular flexibility index (Phi) is 7.59. The van der Waals surface area contributed by atoms with Gasteiger partial charge in [-0.15, -0.1) is 0 Å². The third-order valence-corrected chi connectivity index (χ3v) is 6.91. The fraction of sp³-hybridized carbons (Fsp3) is 0.381. The minimum absolute atomic E-state index is 0.0207. The van der Waals surface area contributed by atoms with E-state index in [2.05, 4.69) is 15.6 Å². The van der Waals surface area contributed by atoms with Crippen molar-refractivity contribution in [2.75, 3.05) is 43.4 Å². The summed E-state index contributed by atoms with van der Waals surface area (Å²) >= 11 is 0. The summed E-state index contributed by atoms with van der Waals surface area (Å²) in [5.41, 5.74) is 0.453. The van der Waals surface area contributed by atoms with Crippen molar-refractivity contribution in [2.24, 2.45) is 0 Å². The van der Waals surface area contributed by atoms with Gasteiger partial charge in [0, 0.05) is 44.5 Å². The molecular weight excluding hydrogens is 418 g/mol. The van der Waals surface area contributed by atoms with Crippen LogP contribution in [0.3, 0.4) is 0 Å². The van der Waals surface area contributed by atoms with Gasteiger partial charge in [-0.2, -0.15) is 4.31 Å². The molecule has 1 fully saturated rings. The maximum Gasteiger partial charge on any atom is 0.251 e. The van der Waals surface area contributed by atoms with Gasteiger partial charge in [0.25, 0.3) is 5.91 Å². The number of nitrogens with one attached hydrogen (secondary N) is 2. The number of benzene rings is 1. The first-order chi connectivity index (χ1) is 14.9. The Labute approximate surface area is 182 Å². The maximum absolute atomic E-state index is 12.6. The Hall–Kier alpha value is -2.98. The van der Waals surface area contributed by atoms with E-state index in [1.54, 1.807) is 43.5 Å². The minimum atomic E-state index is -3.49. The molecule has 1 aliphatic rings. The van der Waals surface area contributed by atoms with Crippen LogP contribution >= 0.6 is 0 Å². The molecule has 1 aromatic heterocycles. The number of piperazine rings is 1. The first kappa shape index (κ1) is 22.7. The van der Waals surface area contributed by atoms with Crippen molar-refractivity contribution in [3.8, 4) is 0 Å². The molecule has 1 aliphatic heterocycles. The molecule has 3 rings (SSSR count). The van der Waals surface area contributed by atoms with Gasteiger partial charge in [-0.25, -0.2) is 13.4 Å². The number of carbonyl (C=O) groups excluding carboxylic acids is 2. The Morgan fingerprint density at radius 1 is 1.03 bits per heavy atom. The Morgan fingerprint density at radius 2 is 1.71 bits per heavy atom. The molecule has 0 aliphatic carbocycles. The van der Waals surface area contributed by atoms with Crippen LogP contribution in [0.1, 0.15) is 17.3 Å². The fourth-order valence-electron chi connectivity index (χ4n) is 3.26. The number of amides is 2. The van der Waals surface area contributed by atoms with Crippen molar-refractivity contribution in [1.29, 1.82) is 0 Å². The van der Waals surface area contributed by atoms with Gasteiger partial charge in [-0.3, -0.25) is 9.59 Å². The molecule has 10 heteroatoms. The summed E-state index contributed by atoms with van der Waals surface area (Å²) in [7, 11) is -3.49. The van der Waals surface area contributed by atoms with Gasteiger partial charge in [-0.05, 0) is 31.2 Å². The standard InChI is InChI=1S/C21H27N5O4S/c1-17(24-21(28)18-7-3-2-4-8-18)20(27)23-11-16-31(29,30)26-14-12-25(13-15-26)19-9-5-6-10-22-19/h2-10,17H,11-16H2,1H3,(H,23,27)(H,24,28). The van der Waals surface area contributed by atoms with Crippen molar-refractivity contribution < 1.29 is 18.0 Å². The van der Waals surface area contributed by atoms with E-state index in [1.165, 1.54) is 4.31 Å². The van der Waals surface area contributed by atoms with Crippen molar-refractivity contribution in [1.82, 2.24) is 19.9 Å². The average molecular weight is 446 g/mol.